The minimum atomic E-state index is -0.921. The van der Waals surface area contributed by atoms with Gasteiger partial charge in [-0.25, -0.2) is 4.39 Å². The average molecular weight is 283 g/mol. The number of nitrogens with one attached hydrogen (secondary N) is 1. The number of anilines is 1. The number of nitrogens with zero attached hydrogens (tertiary/aromatic N) is 1. The molecule has 0 heterocycles. The maximum absolute atomic E-state index is 13.3. The fourth-order valence-corrected chi connectivity index (χ4v) is 1.73. The van der Waals surface area contributed by atoms with Crippen molar-refractivity contribution >= 4 is 17.5 Å². The molecule has 0 unspecified atom stereocenters. The van der Waals surface area contributed by atoms with E-state index in [0.717, 1.165) is 12.1 Å². The highest BCUT2D eigenvalue weighted by molar-refractivity contribution is 6.05. The second kappa shape index (κ2) is 5.84. The van der Waals surface area contributed by atoms with Crippen LogP contribution in [0.5, 0.6) is 0 Å². The fraction of sp³-hybridized carbons (Fsp3) is 0. The van der Waals surface area contributed by atoms with Gasteiger partial charge in [-0.2, -0.15) is 5.26 Å². The molecule has 0 aliphatic carbocycles. The van der Waals surface area contributed by atoms with Crippen LogP contribution < -0.4 is 11.1 Å². The summed E-state index contributed by atoms with van der Waals surface area (Å²) in [5, 5.41) is 11.3. The van der Waals surface area contributed by atoms with Gasteiger partial charge >= 0.3 is 0 Å². The molecule has 0 spiro atoms. The van der Waals surface area contributed by atoms with Crippen molar-refractivity contribution in [2.75, 3.05) is 5.32 Å². The normalized spacial score (nSPS) is 9.71. The summed E-state index contributed by atoms with van der Waals surface area (Å²) in [6.07, 6.45) is 0. The average Bonchev–Trinajstić information content (AvgIpc) is 2.49. The summed E-state index contributed by atoms with van der Waals surface area (Å²) in [7, 11) is 0. The molecule has 104 valence electrons. The van der Waals surface area contributed by atoms with E-state index in [0.29, 0.717) is 5.56 Å². The summed E-state index contributed by atoms with van der Waals surface area (Å²) in [5.41, 5.74) is 5.59. The molecule has 21 heavy (non-hydrogen) atoms. The molecule has 2 amide bonds. The number of primary amides is 1. The van der Waals surface area contributed by atoms with Gasteiger partial charge in [0.2, 0.25) is 0 Å². The molecular formula is C15H10FN3O2. The van der Waals surface area contributed by atoms with E-state index in [1.807, 2.05) is 6.07 Å². The topological polar surface area (TPSA) is 96.0 Å². The predicted molar refractivity (Wildman–Crippen MR) is 74.0 cm³/mol. The zero-order chi connectivity index (χ0) is 15.4. The van der Waals surface area contributed by atoms with Crippen LogP contribution in [0, 0.1) is 17.1 Å². The quantitative estimate of drug-likeness (QED) is 0.902. The van der Waals surface area contributed by atoms with Gasteiger partial charge in [-0.3, -0.25) is 9.59 Å². The Morgan fingerprint density at radius 1 is 1.19 bits per heavy atom. The Labute approximate surface area is 119 Å². The van der Waals surface area contributed by atoms with E-state index in [4.69, 9.17) is 11.0 Å². The van der Waals surface area contributed by atoms with Crippen molar-refractivity contribution in [3.63, 3.8) is 0 Å². The van der Waals surface area contributed by atoms with Crippen molar-refractivity contribution < 1.29 is 14.0 Å². The van der Waals surface area contributed by atoms with Crippen molar-refractivity contribution in [3.8, 4) is 6.07 Å². The Morgan fingerprint density at radius 2 is 1.95 bits per heavy atom. The first-order valence-electron chi connectivity index (χ1n) is 5.92. The number of hydrogen-bond donors (Lipinski definition) is 2. The number of carbonyl (C=O) groups excluding carboxylic acids is 2. The summed E-state index contributed by atoms with van der Waals surface area (Å²) < 4.78 is 13.3. The number of halogens is 1. The lowest BCUT2D eigenvalue weighted by Gasteiger charge is -2.07. The second-order valence-electron chi connectivity index (χ2n) is 4.21. The monoisotopic (exact) mass is 283 g/mol. The Hall–Kier alpha value is -3.20. The van der Waals surface area contributed by atoms with Gasteiger partial charge in [0, 0.05) is 11.3 Å². The highest BCUT2D eigenvalue weighted by Gasteiger charge is 2.11. The molecular weight excluding hydrogens is 273 g/mol. The van der Waals surface area contributed by atoms with Crippen molar-refractivity contribution in [3.05, 3.63) is 65.0 Å². The highest BCUT2D eigenvalue weighted by Crippen LogP contribution is 2.16. The minimum Gasteiger partial charge on any atom is -0.366 e. The first-order valence-corrected chi connectivity index (χ1v) is 5.92. The van der Waals surface area contributed by atoms with Gasteiger partial charge in [0.25, 0.3) is 11.8 Å². The van der Waals surface area contributed by atoms with Crippen LogP contribution in [0.1, 0.15) is 26.3 Å². The van der Waals surface area contributed by atoms with Crippen LogP contribution in [0.25, 0.3) is 0 Å². The number of rotatable bonds is 3. The zero-order valence-corrected chi connectivity index (χ0v) is 10.8. The van der Waals surface area contributed by atoms with E-state index in [9.17, 15) is 14.0 Å². The predicted octanol–water partition coefficient (Wildman–Crippen LogP) is 2.05. The number of benzene rings is 2. The lowest BCUT2D eigenvalue weighted by Crippen LogP contribution is -2.16. The number of carbonyl (C=O) groups is 2. The molecule has 5 nitrogen and oxygen atoms in total. The van der Waals surface area contributed by atoms with Crippen molar-refractivity contribution in [1.82, 2.24) is 0 Å². The van der Waals surface area contributed by atoms with Crippen LogP contribution in [0.4, 0.5) is 10.1 Å². The summed E-state index contributed by atoms with van der Waals surface area (Å²) in [6.45, 7) is 0. The van der Waals surface area contributed by atoms with Gasteiger partial charge in [0.15, 0.2) is 0 Å². The summed E-state index contributed by atoms with van der Waals surface area (Å²) in [4.78, 5) is 23.1. The van der Waals surface area contributed by atoms with Crippen LogP contribution in [-0.4, -0.2) is 11.8 Å². The van der Waals surface area contributed by atoms with E-state index in [1.54, 1.807) is 12.1 Å². The molecule has 2 aromatic carbocycles. The lowest BCUT2D eigenvalue weighted by atomic mass is 10.1. The van der Waals surface area contributed by atoms with E-state index in [-0.39, 0.29) is 16.8 Å². The lowest BCUT2D eigenvalue weighted by molar-refractivity contribution is 0.0992. The first-order chi connectivity index (χ1) is 10.0. The van der Waals surface area contributed by atoms with Crippen LogP contribution in [0.3, 0.4) is 0 Å². The number of hydrogen-bond acceptors (Lipinski definition) is 3. The van der Waals surface area contributed by atoms with Gasteiger partial charge in [-0.1, -0.05) is 6.07 Å². The standard InChI is InChI=1S/C15H10FN3O2/c16-13-5-4-11(7-12(13)14(18)20)19-15(21)10-3-1-2-9(6-10)8-17/h1-7H,(H2,18,20)(H,19,21). The maximum Gasteiger partial charge on any atom is 0.255 e. The van der Waals surface area contributed by atoms with E-state index in [2.05, 4.69) is 5.32 Å². The summed E-state index contributed by atoms with van der Waals surface area (Å²) in [6, 6.07) is 11.5. The zero-order valence-electron chi connectivity index (χ0n) is 10.8. The molecule has 0 bridgehead atoms. The molecule has 0 saturated heterocycles. The third-order valence-corrected chi connectivity index (χ3v) is 2.74. The Balaban J connectivity index is 2.25. The maximum atomic E-state index is 13.3. The van der Waals surface area contributed by atoms with Gasteiger partial charge in [-0.15, -0.1) is 0 Å². The third-order valence-electron chi connectivity index (χ3n) is 2.74. The van der Waals surface area contributed by atoms with Gasteiger partial charge in [-0.05, 0) is 36.4 Å². The molecule has 0 radical (unpaired) electrons. The molecule has 0 fully saturated rings. The van der Waals surface area contributed by atoms with Crippen LogP contribution >= 0.6 is 0 Å². The largest absolute Gasteiger partial charge is 0.366 e. The smallest absolute Gasteiger partial charge is 0.255 e. The Kier molecular flexibility index (Phi) is 3.95. The van der Waals surface area contributed by atoms with E-state index >= 15 is 0 Å². The number of nitrogens with two attached hydrogens (primary N) is 1. The Bertz CT molecular complexity index is 766. The second-order valence-corrected chi connectivity index (χ2v) is 4.21. The molecule has 0 saturated carbocycles. The van der Waals surface area contributed by atoms with E-state index < -0.39 is 17.6 Å². The van der Waals surface area contributed by atoms with E-state index in [1.165, 1.54) is 18.2 Å². The third kappa shape index (κ3) is 3.22. The molecule has 0 aliphatic rings. The molecule has 0 aromatic heterocycles. The van der Waals surface area contributed by atoms with Crippen LogP contribution in [0.15, 0.2) is 42.5 Å². The van der Waals surface area contributed by atoms with Crippen LogP contribution in [-0.2, 0) is 0 Å². The summed E-state index contributed by atoms with van der Waals surface area (Å²) >= 11 is 0. The molecule has 2 rings (SSSR count). The Morgan fingerprint density at radius 3 is 2.62 bits per heavy atom. The molecule has 0 atom stereocenters. The van der Waals surface area contributed by atoms with Gasteiger partial charge in [0.1, 0.15) is 5.82 Å². The van der Waals surface area contributed by atoms with Gasteiger partial charge < -0.3 is 11.1 Å². The highest BCUT2D eigenvalue weighted by atomic mass is 19.1. The minimum absolute atomic E-state index is 0.234. The van der Waals surface area contributed by atoms with Crippen molar-refractivity contribution in [2.45, 2.75) is 0 Å². The molecule has 6 heteroatoms. The molecule has 3 N–H and O–H groups in total. The summed E-state index contributed by atoms with van der Waals surface area (Å²) in [5.74, 6) is -2.16. The number of amides is 2. The first kappa shape index (κ1) is 14.2. The fourth-order valence-electron chi connectivity index (χ4n) is 1.73. The molecule has 2 aromatic rings. The van der Waals surface area contributed by atoms with Crippen molar-refractivity contribution in [1.29, 1.82) is 5.26 Å². The SMILES string of the molecule is N#Cc1cccc(C(=O)Nc2ccc(F)c(C(N)=O)c2)c1. The molecule has 0 aliphatic heterocycles. The van der Waals surface area contributed by atoms with Crippen molar-refractivity contribution in [2.24, 2.45) is 5.73 Å². The van der Waals surface area contributed by atoms with Crippen LogP contribution in [0.2, 0.25) is 0 Å². The van der Waals surface area contributed by atoms with Gasteiger partial charge in [0.05, 0.1) is 17.2 Å². The number of nitriles is 1.